The molecular weight excluding hydrogens is 622 g/mol. The largest absolute Gasteiger partial charge is 0.494 e. The second-order valence-electron chi connectivity index (χ2n) is 11.3. The molecule has 8 nitrogen and oxygen atoms in total. The SMILES string of the molecule is C[C@@H](NC(=O)c1ccc2[nH]c(O)c(C(=NCCc3ccc(NC(=O)Nc4cccc(Cl)c4)cc3)c3ccccc3)c2c1)c1ccccc1. The zero-order valence-electron chi connectivity index (χ0n) is 26.2. The standard InChI is InChI=1S/C39H34ClN5O3/c1-25(27-9-4-2-5-10-27)42-37(46)29-17-20-34-33(23-29)35(38(47)45-34)36(28-11-6-3-7-12-28)41-22-21-26-15-18-31(19-16-26)43-39(48)44-32-14-8-13-30(40)24-32/h2-20,23-25,45,47H,21-22H2,1H3,(H,42,46)(H2,43,44,48)/t25-/m1/s1. The van der Waals surface area contributed by atoms with Crippen LogP contribution >= 0.6 is 11.6 Å². The predicted molar refractivity (Wildman–Crippen MR) is 193 cm³/mol. The van der Waals surface area contributed by atoms with Crippen molar-refractivity contribution in [3.05, 3.63) is 160 Å². The second kappa shape index (κ2) is 14.7. The molecule has 0 spiro atoms. The number of carbonyl (C=O) groups is 2. The Balaban J connectivity index is 1.19. The van der Waals surface area contributed by atoms with E-state index in [-0.39, 0.29) is 23.9 Å². The highest BCUT2D eigenvalue weighted by Gasteiger charge is 2.20. The van der Waals surface area contributed by atoms with Gasteiger partial charge in [0, 0.05) is 45.0 Å². The van der Waals surface area contributed by atoms with Crippen LogP contribution in [0.25, 0.3) is 10.9 Å². The molecular formula is C39H34ClN5O3. The maximum atomic E-state index is 13.3. The molecule has 0 saturated carbocycles. The summed E-state index contributed by atoms with van der Waals surface area (Å²) >= 11 is 6.01. The summed E-state index contributed by atoms with van der Waals surface area (Å²) in [5.74, 6) is -0.229. The molecule has 0 saturated heterocycles. The predicted octanol–water partition coefficient (Wildman–Crippen LogP) is 8.74. The fourth-order valence-corrected chi connectivity index (χ4v) is 5.68. The fraction of sp³-hybridized carbons (Fsp3) is 0.103. The van der Waals surface area contributed by atoms with Crippen molar-refractivity contribution in [1.29, 1.82) is 0 Å². The van der Waals surface area contributed by atoms with Gasteiger partial charge in [-0.15, -0.1) is 0 Å². The van der Waals surface area contributed by atoms with E-state index < -0.39 is 0 Å². The molecule has 6 aromatic rings. The van der Waals surface area contributed by atoms with Gasteiger partial charge in [0.15, 0.2) is 5.88 Å². The number of fused-ring (bicyclic) bond motifs is 1. The van der Waals surface area contributed by atoms with Crippen LogP contribution in [-0.2, 0) is 6.42 Å². The van der Waals surface area contributed by atoms with Crippen molar-refractivity contribution in [2.24, 2.45) is 4.99 Å². The number of hydrogen-bond donors (Lipinski definition) is 5. The van der Waals surface area contributed by atoms with E-state index in [1.165, 1.54) is 0 Å². The first-order valence-corrected chi connectivity index (χ1v) is 15.9. The monoisotopic (exact) mass is 655 g/mol. The van der Waals surface area contributed by atoms with Gasteiger partial charge in [0.05, 0.1) is 17.3 Å². The van der Waals surface area contributed by atoms with Gasteiger partial charge in [-0.2, -0.15) is 0 Å². The minimum absolute atomic E-state index is 0.0192. The van der Waals surface area contributed by atoms with E-state index in [1.54, 1.807) is 42.5 Å². The minimum Gasteiger partial charge on any atom is -0.494 e. The molecule has 0 unspecified atom stereocenters. The maximum absolute atomic E-state index is 13.3. The van der Waals surface area contributed by atoms with Crippen LogP contribution in [0.4, 0.5) is 16.2 Å². The molecule has 0 aliphatic heterocycles. The fourth-order valence-electron chi connectivity index (χ4n) is 5.49. The molecule has 1 aromatic heterocycles. The summed E-state index contributed by atoms with van der Waals surface area (Å²) in [6, 6.07) is 38.8. The Hall–Kier alpha value is -5.86. The Morgan fingerprint density at radius 2 is 1.50 bits per heavy atom. The van der Waals surface area contributed by atoms with Gasteiger partial charge >= 0.3 is 6.03 Å². The van der Waals surface area contributed by atoms with Crippen LogP contribution in [0.2, 0.25) is 5.02 Å². The number of benzene rings is 5. The summed E-state index contributed by atoms with van der Waals surface area (Å²) in [7, 11) is 0. The highest BCUT2D eigenvalue weighted by Crippen LogP contribution is 2.31. The summed E-state index contributed by atoms with van der Waals surface area (Å²) < 4.78 is 0. The van der Waals surface area contributed by atoms with Crippen LogP contribution in [0.1, 0.15) is 45.6 Å². The zero-order valence-corrected chi connectivity index (χ0v) is 27.0. The molecule has 0 aliphatic rings. The number of aliphatic imine (C=N–C) groups is 1. The van der Waals surface area contributed by atoms with Gasteiger partial charge in [0.25, 0.3) is 5.91 Å². The summed E-state index contributed by atoms with van der Waals surface area (Å²) in [6.07, 6.45) is 0.624. The third kappa shape index (κ3) is 7.74. The van der Waals surface area contributed by atoms with Gasteiger partial charge in [-0.05, 0) is 73.0 Å². The van der Waals surface area contributed by atoms with E-state index in [0.29, 0.717) is 57.1 Å². The summed E-state index contributed by atoms with van der Waals surface area (Å²) in [5, 5.41) is 21.0. The van der Waals surface area contributed by atoms with Crippen molar-refractivity contribution in [2.45, 2.75) is 19.4 Å². The minimum atomic E-state index is -0.369. The Bertz CT molecular complexity index is 2080. The Morgan fingerprint density at radius 3 is 2.23 bits per heavy atom. The van der Waals surface area contributed by atoms with Gasteiger partial charge in [-0.1, -0.05) is 90.5 Å². The number of aromatic hydroxyl groups is 1. The normalized spacial score (nSPS) is 12.0. The first-order valence-electron chi connectivity index (χ1n) is 15.6. The highest BCUT2D eigenvalue weighted by molar-refractivity contribution is 6.31. The van der Waals surface area contributed by atoms with Crippen molar-refractivity contribution in [3.63, 3.8) is 0 Å². The molecule has 5 aromatic carbocycles. The average molecular weight is 656 g/mol. The smallest absolute Gasteiger partial charge is 0.323 e. The van der Waals surface area contributed by atoms with E-state index in [2.05, 4.69) is 20.9 Å². The summed E-state index contributed by atoms with van der Waals surface area (Å²) in [4.78, 5) is 33.8. The molecule has 1 atom stereocenters. The lowest BCUT2D eigenvalue weighted by molar-refractivity contribution is 0.0940. The van der Waals surface area contributed by atoms with Crippen molar-refractivity contribution in [2.75, 3.05) is 17.2 Å². The molecule has 240 valence electrons. The number of halogens is 1. The van der Waals surface area contributed by atoms with Crippen LogP contribution in [-0.4, -0.2) is 34.3 Å². The lowest BCUT2D eigenvalue weighted by atomic mass is 9.99. The van der Waals surface area contributed by atoms with Crippen molar-refractivity contribution >= 4 is 51.5 Å². The van der Waals surface area contributed by atoms with Crippen LogP contribution in [0.5, 0.6) is 5.88 Å². The number of H-pyrrole nitrogens is 1. The number of nitrogens with one attached hydrogen (secondary N) is 4. The van der Waals surface area contributed by atoms with E-state index in [0.717, 1.165) is 16.7 Å². The lowest BCUT2D eigenvalue weighted by Crippen LogP contribution is -2.26. The van der Waals surface area contributed by atoms with E-state index >= 15 is 0 Å². The van der Waals surface area contributed by atoms with Crippen LogP contribution in [0.3, 0.4) is 0 Å². The van der Waals surface area contributed by atoms with Crippen LogP contribution < -0.4 is 16.0 Å². The zero-order chi connectivity index (χ0) is 33.5. The first-order chi connectivity index (χ1) is 23.3. The average Bonchev–Trinajstić information content (AvgIpc) is 3.42. The van der Waals surface area contributed by atoms with Gasteiger partial charge in [0.2, 0.25) is 0 Å². The summed E-state index contributed by atoms with van der Waals surface area (Å²) in [5.41, 5.74) is 6.45. The first kappa shape index (κ1) is 32.1. The van der Waals surface area contributed by atoms with Gasteiger partial charge in [-0.25, -0.2) is 4.79 Å². The number of aromatic nitrogens is 1. The van der Waals surface area contributed by atoms with Crippen molar-refractivity contribution in [1.82, 2.24) is 10.3 Å². The molecule has 3 amide bonds. The van der Waals surface area contributed by atoms with E-state index in [4.69, 9.17) is 16.6 Å². The molecule has 0 fully saturated rings. The molecule has 5 N–H and O–H groups in total. The number of urea groups is 1. The topological polar surface area (TPSA) is 119 Å². The van der Waals surface area contributed by atoms with Gasteiger partial charge in [-0.3, -0.25) is 9.79 Å². The van der Waals surface area contributed by atoms with Crippen LogP contribution in [0, 0.1) is 0 Å². The Morgan fingerprint density at radius 1 is 0.792 bits per heavy atom. The van der Waals surface area contributed by atoms with Crippen molar-refractivity contribution < 1.29 is 14.7 Å². The molecule has 6 rings (SSSR count). The Kier molecular flexibility index (Phi) is 9.83. The number of rotatable bonds is 10. The number of anilines is 2. The van der Waals surface area contributed by atoms with Crippen LogP contribution in [0.15, 0.2) is 132 Å². The molecule has 0 bridgehead atoms. The molecule has 9 heteroatoms. The van der Waals surface area contributed by atoms with Gasteiger partial charge in [0.1, 0.15) is 0 Å². The number of hydrogen-bond acceptors (Lipinski definition) is 4. The van der Waals surface area contributed by atoms with E-state index in [1.807, 2.05) is 91.9 Å². The second-order valence-corrected chi connectivity index (χ2v) is 11.8. The molecule has 1 heterocycles. The molecule has 0 radical (unpaired) electrons. The number of amides is 3. The number of aromatic amines is 1. The highest BCUT2D eigenvalue weighted by atomic mass is 35.5. The van der Waals surface area contributed by atoms with Gasteiger partial charge < -0.3 is 26.0 Å². The van der Waals surface area contributed by atoms with E-state index in [9.17, 15) is 14.7 Å². The third-order valence-electron chi connectivity index (χ3n) is 7.94. The quantitative estimate of drug-likeness (QED) is 0.0950. The van der Waals surface area contributed by atoms with Crippen molar-refractivity contribution in [3.8, 4) is 5.88 Å². The summed E-state index contributed by atoms with van der Waals surface area (Å²) in [6.45, 7) is 2.39. The maximum Gasteiger partial charge on any atom is 0.323 e. The molecule has 48 heavy (non-hydrogen) atoms. The lowest BCUT2D eigenvalue weighted by Gasteiger charge is -2.14. The third-order valence-corrected chi connectivity index (χ3v) is 8.17. The number of carbonyl (C=O) groups excluding carboxylic acids is 2. The molecule has 0 aliphatic carbocycles. The Labute approximate surface area is 283 Å². The number of nitrogens with zero attached hydrogens (tertiary/aromatic N) is 1.